The molecule has 3 heterocycles. The summed E-state index contributed by atoms with van der Waals surface area (Å²) in [5.41, 5.74) is 8.14. The molecule has 0 atom stereocenters. The minimum Gasteiger partial charge on any atom is -0.454 e. The molecule has 2 aliphatic heterocycles. The Kier molecular flexibility index (Phi) is 17.5. The van der Waals surface area contributed by atoms with Crippen molar-refractivity contribution in [2.45, 2.75) is 106 Å². The number of rotatable bonds is 9. The van der Waals surface area contributed by atoms with Gasteiger partial charge >= 0.3 is 12.2 Å². The number of alkyl halides is 3. The number of hydrogen-bond donors (Lipinski definition) is 2. The zero-order chi connectivity index (χ0) is 31.5. The molecule has 1 saturated heterocycles. The summed E-state index contributed by atoms with van der Waals surface area (Å²) in [4.78, 5) is 24.0. The number of benzene rings is 1. The van der Waals surface area contributed by atoms with E-state index in [2.05, 4.69) is 64.7 Å². The minimum atomic E-state index is -4.53. The van der Waals surface area contributed by atoms with Gasteiger partial charge in [-0.25, -0.2) is 0 Å². The monoisotopic (exact) mass is 596 g/mol. The molecule has 1 amide bonds. The van der Waals surface area contributed by atoms with E-state index in [0.717, 1.165) is 30.8 Å². The molecule has 0 aliphatic carbocycles. The number of ether oxygens (including phenoxy) is 1. The maximum Gasteiger partial charge on any atom is 0.422 e. The molecule has 42 heavy (non-hydrogen) atoms. The lowest BCUT2D eigenvalue weighted by Gasteiger charge is -2.30. The smallest absolute Gasteiger partial charge is 0.422 e. The van der Waals surface area contributed by atoms with Crippen LogP contribution in [-0.2, 0) is 17.9 Å². The maximum absolute atomic E-state index is 12.5. The first kappa shape index (κ1) is 36.9. The molecular weight excluding hydrogens is 545 g/mol. The van der Waals surface area contributed by atoms with E-state index in [1.165, 1.54) is 44.9 Å². The number of fused-ring (bicyclic) bond motifs is 1. The fourth-order valence-corrected chi connectivity index (χ4v) is 4.16. The Morgan fingerprint density at radius 1 is 0.952 bits per heavy atom. The minimum absolute atomic E-state index is 0.0154. The third-order valence-electron chi connectivity index (χ3n) is 6.34. The molecule has 0 saturated carbocycles. The molecule has 0 spiro atoms. The molecule has 2 aliphatic rings. The summed E-state index contributed by atoms with van der Waals surface area (Å²) in [6.45, 7) is 14.6. The van der Waals surface area contributed by atoms with Gasteiger partial charge in [0.25, 0.3) is 0 Å². The summed E-state index contributed by atoms with van der Waals surface area (Å²) in [6.07, 6.45) is 4.60. The molecule has 1 fully saturated rings. The van der Waals surface area contributed by atoms with E-state index in [-0.39, 0.29) is 29.8 Å². The average Bonchev–Trinajstić information content (AvgIpc) is 3.47. The zero-order valence-electron chi connectivity index (χ0n) is 26.3. The number of nitrogens with zero attached hydrogens (tertiary/aromatic N) is 4. The summed E-state index contributed by atoms with van der Waals surface area (Å²) < 4.78 is 42.2. The molecule has 2 aromatic rings. The number of amides is 1. The number of carbonyl (C=O) groups excluding carboxylic acids is 1. The largest absolute Gasteiger partial charge is 0.454 e. The van der Waals surface area contributed by atoms with E-state index in [1.807, 2.05) is 26.0 Å². The number of halogens is 3. The predicted octanol–water partition coefficient (Wildman–Crippen LogP) is 7.58. The van der Waals surface area contributed by atoms with Crippen LogP contribution >= 0.6 is 0 Å². The van der Waals surface area contributed by atoms with Crippen molar-refractivity contribution >= 4 is 23.2 Å². The molecule has 3 N–H and O–H groups in total. The van der Waals surface area contributed by atoms with Crippen molar-refractivity contribution in [3.8, 4) is 6.01 Å². The molecule has 0 bridgehead atoms. The highest BCUT2D eigenvalue weighted by atomic mass is 19.4. The molecule has 1 aromatic carbocycles. The Morgan fingerprint density at radius 3 is 2.07 bits per heavy atom. The van der Waals surface area contributed by atoms with Gasteiger partial charge in [-0.2, -0.15) is 23.1 Å². The molecule has 238 valence electrons. The van der Waals surface area contributed by atoms with Gasteiger partial charge in [0.1, 0.15) is 5.69 Å². The number of nitrogens with two attached hydrogens (primary N) is 1. The maximum atomic E-state index is 12.5. The standard InChI is InChI=1S/C20H23F3N6O2.C5H12.C4H10.C2H6/c21-20(22,23)12-31-19-26-17(24)16-18(27-19)29(11-15(30)25-16)10-14-5-3-4-13(8-14)9-28-6-1-2-7-28;1-3-5-4-2;1-3-4-2;1-2/h3-5,8H,1-2,6-7,9-12H2,(H,25,30)(H2,24,26,27);3-5H2,1-2H3;3-4H2,1-2H3;1-2H3. The SMILES string of the molecule is CC.CCCC.CCCCC.Nc1nc(OCC(F)(F)F)nc2c1NC(=O)CN2Cc1cccc(CN2CCCC2)c1. The number of aromatic nitrogens is 2. The van der Waals surface area contributed by atoms with Crippen LogP contribution < -0.4 is 20.7 Å². The second-order valence-corrected chi connectivity index (χ2v) is 10.1. The van der Waals surface area contributed by atoms with Crippen LogP contribution in [0.4, 0.5) is 30.5 Å². The van der Waals surface area contributed by atoms with Crippen LogP contribution in [0.2, 0.25) is 0 Å². The van der Waals surface area contributed by atoms with E-state index < -0.39 is 18.8 Å². The van der Waals surface area contributed by atoms with Gasteiger partial charge in [0, 0.05) is 13.1 Å². The van der Waals surface area contributed by atoms with E-state index in [0.29, 0.717) is 6.54 Å². The molecule has 0 unspecified atom stereocenters. The average molecular weight is 597 g/mol. The van der Waals surface area contributed by atoms with Gasteiger partial charge in [-0.05, 0) is 37.1 Å². The number of hydrogen-bond acceptors (Lipinski definition) is 7. The van der Waals surface area contributed by atoms with Gasteiger partial charge in [-0.3, -0.25) is 9.69 Å². The van der Waals surface area contributed by atoms with E-state index in [9.17, 15) is 18.0 Å². The van der Waals surface area contributed by atoms with Crippen LogP contribution in [0.1, 0.15) is 97.6 Å². The summed E-state index contributed by atoms with van der Waals surface area (Å²) in [5.74, 6) is -0.225. The van der Waals surface area contributed by atoms with E-state index >= 15 is 0 Å². The molecule has 8 nitrogen and oxygen atoms in total. The Labute approximate surface area is 250 Å². The molecule has 11 heteroatoms. The number of likely N-dealkylation sites (tertiary alicyclic amines) is 1. The van der Waals surface area contributed by atoms with E-state index in [4.69, 9.17) is 5.73 Å². The first-order chi connectivity index (χ1) is 20.1. The quantitative estimate of drug-likeness (QED) is 0.308. The normalized spacial score (nSPS) is 14.3. The fourth-order valence-electron chi connectivity index (χ4n) is 4.16. The Bertz CT molecular complexity index is 1040. The van der Waals surface area contributed by atoms with Gasteiger partial charge < -0.3 is 20.7 Å². The first-order valence-corrected chi connectivity index (χ1v) is 15.3. The predicted molar refractivity (Wildman–Crippen MR) is 166 cm³/mol. The number of anilines is 3. The molecular formula is C31H51F3N6O2. The van der Waals surface area contributed by atoms with Crippen molar-refractivity contribution in [1.82, 2.24) is 14.9 Å². The lowest BCUT2D eigenvalue weighted by atomic mass is 10.1. The topological polar surface area (TPSA) is 96.6 Å². The van der Waals surface area contributed by atoms with Crippen LogP contribution in [0.15, 0.2) is 24.3 Å². The second-order valence-electron chi connectivity index (χ2n) is 10.1. The highest BCUT2D eigenvalue weighted by Crippen LogP contribution is 2.34. The van der Waals surface area contributed by atoms with Gasteiger partial charge in [-0.1, -0.05) is 97.9 Å². The molecule has 0 radical (unpaired) electrons. The van der Waals surface area contributed by atoms with Crippen molar-refractivity contribution in [3.05, 3.63) is 35.4 Å². The van der Waals surface area contributed by atoms with Crippen LogP contribution in [0, 0.1) is 0 Å². The van der Waals surface area contributed by atoms with Gasteiger partial charge in [0.05, 0.1) is 6.54 Å². The van der Waals surface area contributed by atoms with Gasteiger partial charge in [0.2, 0.25) is 5.91 Å². The third-order valence-corrected chi connectivity index (χ3v) is 6.34. The lowest BCUT2D eigenvalue weighted by Crippen LogP contribution is -2.39. The Balaban J connectivity index is 0.000000694. The van der Waals surface area contributed by atoms with Crippen LogP contribution in [0.25, 0.3) is 0 Å². The Hall–Kier alpha value is -3.08. The second kappa shape index (κ2) is 19.9. The van der Waals surface area contributed by atoms with E-state index in [1.54, 1.807) is 4.90 Å². The summed E-state index contributed by atoms with van der Waals surface area (Å²) in [7, 11) is 0. The highest BCUT2D eigenvalue weighted by molar-refractivity contribution is 6.03. The van der Waals surface area contributed by atoms with Crippen molar-refractivity contribution < 1.29 is 22.7 Å². The lowest BCUT2D eigenvalue weighted by molar-refractivity contribution is -0.154. The Morgan fingerprint density at radius 2 is 1.55 bits per heavy atom. The number of unbranched alkanes of at least 4 members (excludes halogenated alkanes) is 3. The summed E-state index contributed by atoms with van der Waals surface area (Å²) >= 11 is 0. The van der Waals surface area contributed by atoms with Crippen molar-refractivity contribution in [1.29, 1.82) is 0 Å². The van der Waals surface area contributed by atoms with Gasteiger partial charge in [-0.15, -0.1) is 0 Å². The highest BCUT2D eigenvalue weighted by Gasteiger charge is 2.31. The summed E-state index contributed by atoms with van der Waals surface area (Å²) in [6, 6.07) is 7.53. The molecule has 4 rings (SSSR count). The zero-order valence-corrected chi connectivity index (χ0v) is 26.3. The fraction of sp³-hybridized carbons (Fsp3) is 0.645. The third kappa shape index (κ3) is 13.7. The number of carbonyl (C=O) groups is 1. The van der Waals surface area contributed by atoms with Crippen LogP contribution in [-0.4, -0.2) is 53.2 Å². The van der Waals surface area contributed by atoms with Crippen LogP contribution in [0.5, 0.6) is 6.01 Å². The number of nitrogens with one attached hydrogen (secondary N) is 1. The summed E-state index contributed by atoms with van der Waals surface area (Å²) in [5, 5.41) is 2.59. The molecule has 1 aromatic heterocycles. The number of nitrogen functional groups attached to an aromatic ring is 1. The van der Waals surface area contributed by atoms with Crippen LogP contribution in [0.3, 0.4) is 0 Å². The van der Waals surface area contributed by atoms with Gasteiger partial charge in [0.15, 0.2) is 18.2 Å². The van der Waals surface area contributed by atoms with Crippen molar-refractivity contribution in [3.63, 3.8) is 0 Å². The van der Waals surface area contributed by atoms with Crippen molar-refractivity contribution in [2.24, 2.45) is 0 Å². The first-order valence-electron chi connectivity index (χ1n) is 15.3. The van der Waals surface area contributed by atoms with Crippen molar-refractivity contribution in [2.75, 3.05) is 42.2 Å².